The van der Waals surface area contributed by atoms with Crippen molar-refractivity contribution in [2.24, 2.45) is 0 Å². The molecule has 0 atom stereocenters. The zero-order valence-corrected chi connectivity index (χ0v) is 8.65. The van der Waals surface area contributed by atoms with E-state index >= 15 is 0 Å². The molecule has 0 fully saturated rings. The Morgan fingerprint density at radius 3 is 0.800 bits per heavy atom. The summed E-state index contributed by atoms with van der Waals surface area (Å²) in [5, 5.41) is 0. The molecule has 10 heteroatoms. The minimum absolute atomic E-state index is 0. The second-order valence-corrected chi connectivity index (χ2v) is 1.34. The van der Waals surface area contributed by atoms with E-state index < -0.39 is 7.82 Å². The van der Waals surface area contributed by atoms with E-state index in [2.05, 4.69) is 0 Å². The van der Waals surface area contributed by atoms with Gasteiger partial charge in [-0.3, -0.25) is 0 Å². The molecule has 0 heterocycles. The second kappa shape index (κ2) is 16.3. The van der Waals surface area contributed by atoms with Gasteiger partial charge in [0.05, 0.1) is 0 Å². The van der Waals surface area contributed by atoms with E-state index in [0.29, 0.717) is 0 Å². The minimum atomic E-state index is -5.39. The van der Waals surface area contributed by atoms with Crippen molar-refractivity contribution in [2.75, 3.05) is 0 Å². The molecular weight excluding hydrogens is 224 g/mol. The molecule has 0 aromatic rings. The maximum Gasteiger partial charge on any atom is 2.00 e. The van der Waals surface area contributed by atoms with Crippen LogP contribution in [-0.2, 0) is 24.0 Å². The summed E-state index contributed by atoms with van der Waals surface area (Å²) in [5.41, 5.74) is 0. The van der Waals surface area contributed by atoms with Crippen molar-refractivity contribution < 1.29 is 60.6 Å². The fraction of sp³-hybridized carbons (Fsp3) is 0. The Hall–Kier alpha value is 0.573. The largest absolute Gasteiger partial charge is 2.00 e. The van der Waals surface area contributed by atoms with Crippen LogP contribution in [0.4, 0.5) is 0 Å². The predicted octanol–water partition coefficient (Wildman–Crippen LogP) is -6.13. The first-order valence-corrected chi connectivity index (χ1v) is 2.19. The average molecular weight is 232 g/mol. The van der Waals surface area contributed by atoms with Crippen molar-refractivity contribution in [2.45, 2.75) is 0 Å². The molecule has 0 spiro atoms. The van der Waals surface area contributed by atoms with Gasteiger partial charge in [-0.05, 0) is 0 Å². The van der Waals surface area contributed by atoms with Gasteiger partial charge in [0.1, 0.15) is 0 Å². The molecule has 0 aliphatic heterocycles. The Bertz CT molecular complexity index is 55.4. The molecule has 0 aliphatic rings. The monoisotopic (exact) mass is 231 g/mol. The van der Waals surface area contributed by atoms with E-state index in [-0.39, 0.29) is 41.4 Å². The van der Waals surface area contributed by atoms with Gasteiger partial charge in [0.2, 0.25) is 0 Å². The van der Waals surface area contributed by atoms with Gasteiger partial charge in [-0.1, -0.05) is 0 Å². The Morgan fingerprint density at radius 2 is 0.800 bits per heavy atom. The van der Waals surface area contributed by atoms with E-state index in [1.54, 1.807) is 0 Å². The zero-order valence-electron chi connectivity index (χ0n) is 4.79. The molecule has 0 unspecified atom stereocenters. The summed E-state index contributed by atoms with van der Waals surface area (Å²) in [5.74, 6) is 0. The third-order valence-corrected chi connectivity index (χ3v) is 0. The molecule has 0 radical (unpaired) electrons. The van der Waals surface area contributed by atoms with E-state index in [1.807, 2.05) is 0 Å². The summed E-state index contributed by atoms with van der Waals surface area (Å²) in [7, 11) is -5.39. The van der Waals surface area contributed by atoms with Crippen molar-refractivity contribution in [1.82, 2.24) is 0 Å². The third-order valence-electron chi connectivity index (χ3n) is 0. The standard InChI is InChI=1S/H3O4P.4H2O.Zn/c1-5(2,3)4;;;;;/h(H3,1,2,3,4);4*1H2;/q;;;;;+2/p-3. The smallest absolute Gasteiger partial charge is 0.822 e. The average Bonchev–Trinajstić information content (AvgIpc) is 0.722. The third kappa shape index (κ3) is 1500. The van der Waals surface area contributed by atoms with E-state index in [0.717, 1.165) is 0 Å². The molecule has 0 saturated heterocycles. The molecule has 0 amide bonds. The first-order valence-electron chi connectivity index (χ1n) is 0.730. The van der Waals surface area contributed by atoms with Gasteiger partial charge in [0.25, 0.3) is 0 Å². The number of phosphoric acid groups is 1. The predicted molar refractivity (Wildman–Crippen MR) is 22.1 cm³/mol. The van der Waals surface area contributed by atoms with Gasteiger partial charge in [0, 0.05) is 0 Å². The molecular formula is H8O8PZn-. The Kier molecular flexibility index (Phi) is 75.5. The quantitative estimate of drug-likeness (QED) is 0.294. The van der Waals surface area contributed by atoms with Crippen LogP contribution in [0.15, 0.2) is 0 Å². The molecule has 0 saturated carbocycles. The number of hydrogen-bond acceptors (Lipinski definition) is 4. The molecule has 0 rings (SSSR count). The molecule has 0 aromatic carbocycles. The fourth-order valence-corrected chi connectivity index (χ4v) is 0. The van der Waals surface area contributed by atoms with Crippen LogP contribution in [-0.4, -0.2) is 21.9 Å². The molecule has 8 N–H and O–H groups in total. The maximum atomic E-state index is 8.55. The molecule has 8 nitrogen and oxygen atoms in total. The summed E-state index contributed by atoms with van der Waals surface area (Å²) in [6, 6.07) is 0. The van der Waals surface area contributed by atoms with Gasteiger partial charge < -0.3 is 41.2 Å². The topological polar surface area (TPSA) is 212 Å². The Balaban J connectivity index is -0.00000000800. The van der Waals surface area contributed by atoms with Gasteiger partial charge in [-0.15, -0.1) is 0 Å². The van der Waals surface area contributed by atoms with Crippen LogP contribution in [0.1, 0.15) is 0 Å². The Labute approximate surface area is 69.1 Å². The van der Waals surface area contributed by atoms with Crippen LogP contribution >= 0.6 is 7.82 Å². The van der Waals surface area contributed by atoms with Crippen LogP contribution in [0.5, 0.6) is 0 Å². The van der Waals surface area contributed by atoms with E-state index in [9.17, 15) is 0 Å². The normalized spacial score (nSPS) is 5.90. The summed E-state index contributed by atoms with van der Waals surface area (Å²) in [4.78, 5) is 25.6. The molecule has 10 heavy (non-hydrogen) atoms. The van der Waals surface area contributed by atoms with E-state index in [1.165, 1.54) is 0 Å². The zero-order chi connectivity index (χ0) is 4.50. The molecule has 0 aliphatic carbocycles. The van der Waals surface area contributed by atoms with Crippen LogP contribution < -0.4 is 14.7 Å². The summed E-state index contributed by atoms with van der Waals surface area (Å²) in [6.07, 6.45) is 0. The Morgan fingerprint density at radius 1 is 0.800 bits per heavy atom. The first-order chi connectivity index (χ1) is 2.00. The van der Waals surface area contributed by atoms with Gasteiger partial charge in [0.15, 0.2) is 0 Å². The van der Waals surface area contributed by atoms with Crippen molar-refractivity contribution in [3.63, 3.8) is 0 Å². The molecule has 0 aromatic heterocycles. The van der Waals surface area contributed by atoms with Gasteiger partial charge >= 0.3 is 19.5 Å². The van der Waals surface area contributed by atoms with Gasteiger partial charge in [-0.25, -0.2) is 0 Å². The van der Waals surface area contributed by atoms with Crippen LogP contribution in [0.3, 0.4) is 0 Å². The summed E-state index contributed by atoms with van der Waals surface area (Å²) in [6.45, 7) is 0. The summed E-state index contributed by atoms with van der Waals surface area (Å²) >= 11 is 0. The van der Waals surface area contributed by atoms with Crippen molar-refractivity contribution in [3.05, 3.63) is 0 Å². The van der Waals surface area contributed by atoms with Crippen molar-refractivity contribution in [1.29, 1.82) is 0 Å². The van der Waals surface area contributed by atoms with Gasteiger partial charge in [-0.2, -0.15) is 7.82 Å². The second-order valence-electron chi connectivity index (χ2n) is 0.447. The molecule has 0 bridgehead atoms. The van der Waals surface area contributed by atoms with E-state index in [4.69, 9.17) is 19.2 Å². The van der Waals surface area contributed by atoms with Crippen molar-refractivity contribution >= 4 is 7.82 Å². The minimum Gasteiger partial charge on any atom is -0.822 e. The van der Waals surface area contributed by atoms with Crippen LogP contribution in [0, 0.1) is 0 Å². The number of hydrogen-bond donors (Lipinski definition) is 0. The van der Waals surface area contributed by atoms with Crippen LogP contribution in [0.25, 0.3) is 0 Å². The molecule has 64 valence electrons. The fourth-order valence-electron chi connectivity index (χ4n) is 0. The first kappa shape index (κ1) is 46.3. The SMILES string of the molecule is O.O.O.O.O=P([O-])([O-])[O-].[Zn+2]. The van der Waals surface area contributed by atoms with Crippen molar-refractivity contribution in [3.8, 4) is 0 Å². The summed E-state index contributed by atoms with van der Waals surface area (Å²) < 4.78 is 8.55. The van der Waals surface area contributed by atoms with Crippen LogP contribution in [0.2, 0.25) is 0 Å². The maximum absolute atomic E-state index is 8.55. The number of rotatable bonds is 0.